The Hall–Kier alpha value is -0.540. The van der Waals surface area contributed by atoms with Crippen LogP contribution in [0.15, 0.2) is 12.3 Å². The smallest absolute Gasteiger partial charge is 0.0638 e. The standard InChI is InChI=1S/C10H20N2O/c1-9(12(3)13-4)10-7-5-6-8-11(10)2/h10H,1,5-8H2,2-4H3/t10-/m0/s1. The summed E-state index contributed by atoms with van der Waals surface area (Å²) in [6, 6.07) is 0.457. The van der Waals surface area contributed by atoms with Gasteiger partial charge in [-0.25, -0.2) is 0 Å². The molecule has 0 unspecified atom stereocenters. The number of hydrogen-bond donors (Lipinski definition) is 0. The molecule has 0 aromatic rings. The molecule has 1 rings (SSSR count). The molecule has 76 valence electrons. The van der Waals surface area contributed by atoms with Gasteiger partial charge in [0, 0.05) is 7.05 Å². The minimum Gasteiger partial charge on any atom is -0.298 e. The molecule has 0 aromatic heterocycles. The van der Waals surface area contributed by atoms with Crippen LogP contribution in [-0.2, 0) is 4.84 Å². The van der Waals surface area contributed by atoms with Crippen molar-refractivity contribution in [3.63, 3.8) is 0 Å². The Morgan fingerprint density at radius 2 is 2.23 bits per heavy atom. The molecule has 1 fully saturated rings. The Morgan fingerprint density at radius 1 is 1.54 bits per heavy atom. The topological polar surface area (TPSA) is 15.7 Å². The van der Waals surface area contributed by atoms with Gasteiger partial charge in [0.25, 0.3) is 0 Å². The minimum atomic E-state index is 0.457. The number of nitrogens with zero attached hydrogens (tertiary/aromatic N) is 2. The van der Waals surface area contributed by atoms with E-state index in [4.69, 9.17) is 4.84 Å². The van der Waals surface area contributed by atoms with E-state index >= 15 is 0 Å². The number of hydrogen-bond acceptors (Lipinski definition) is 3. The van der Waals surface area contributed by atoms with Gasteiger partial charge in [0.05, 0.1) is 18.8 Å². The van der Waals surface area contributed by atoms with Crippen LogP contribution in [0.4, 0.5) is 0 Å². The molecular weight excluding hydrogens is 164 g/mol. The van der Waals surface area contributed by atoms with Gasteiger partial charge >= 0.3 is 0 Å². The Labute approximate surface area is 80.9 Å². The summed E-state index contributed by atoms with van der Waals surface area (Å²) in [6.45, 7) is 5.23. The van der Waals surface area contributed by atoms with Gasteiger partial charge in [-0.05, 0) is 26.4 Å². The fourth-order valence-electron chi connectivity index (χ4n) is 1.82. The van der Waals surface area contributed by atoms with Crippen LogP contribution >= 0.6 is 0 Å². The molecule has 1 aliphatic rings. The molecule has 0 aliphatic carbocycles. The predicted molar refractivity (Wildman–Crippen MR) is 54.2 cm³/mol. The summed E-state index contributed by atoms with van der Waals surface area (Å²) in [7, 11) is 5.73. The van der Waals surface area contributed by atoms with Crippen LogP contribution in [0.2, 0.25) is 0 Å². The van der Waals surface area contributed by atoms with Gasteiger partial charge in [0.2, 0.25) is 0 Å². The van der Waals surface area contributed by atoms with E-state index < -0.39 is 0 Å². The average molecular weight is 184 g/mol. The summed E-state index contributed by atoms with van der Waals surface area (Å²) < 4.78 is 0. The highest BCUT2D eigenvalue weighted by Crippen LogP contribution is 2.21. The van der Waals surface area contributed by atoms with E-state index in [1.54, 1.807) is 12.2 Å². The quantitative estimate of drug-likeness (QED) is 0.618. The second kappa shape index (κ2) is 4.63. The lowest BCUT2D eigenvalue weighted by Crippen LogP contribution is -2.41. The van der Waals surface area contributed by atoms with Crippen molar-refractivity contribution in [1.82, 2.24) is 9.96 Å². The molecule has 0 saturated carbocycles. The van der Waals surface area contributed by atoms with E-state index in [1.807, 2.05) is 7.05 Å². The Bertz CT molecular complexity index is 182. The molecule has 0 radical (unpaired) electrons. The molecule has 0 spiro atoms. The second-order valence-electron chi connectivity index (χ2n) is 3.66. The van der Waals surface area contributed by atoms with Crippen LogP contribution in [0.25, 0.3) is 0 Å². The van der Waals surface area contributed by atoms with E-state index in [0.29, 0.717) is 6.04 Å². The number of piperidine rings is 1. The van der Waals surface area contributed by atoms with Crippen LogP contribution in [0.1, 0.15) is 19.3 Å². The highest BCUT2D eigenvalue weighted by atomic mass is 16.7. The third kappa shape index (κ3) is 2.45. The van der Waals surface area contributed by atoms with Gasteiger partial charge in [0.1, 0.15) is 0 Å². The van der Waals surface area contributed by atoms with Gasteiger partial charge in [0.15, 0.2) is 0 Å². The third-order valence-electron chi connectivity index (χ3n) is 2.83. The van der Waals surface area contributed by atoms with E-state index in [-0.39, 0.29) is 0 Å². The molecule has 13 heavy (non-hydrogen) atoms. The molecule has 3 nitrogen and oxygen atoms in total. The molecule has 0 N–H and O–H groups in total. The Morgan fingerprint density at radius 3 is 2.77 bits per heavy atom. The van der Waals surface area contributed by atoms with Crippen LogP contribution in [0.5, 0.6) is 0 Å². The molecular formula is C10H20N2O. The summed E-state index contributed by atoms with van der Waals surface area (Å²) in [5.41, 5.74) is 1.06. The van der Waals surface area contributed by atoms with Crippen molar-refractivity contribution in [3.8, 4) is 0 Å². The predicted octanol–water partition coefficient (Wildman–Crippen LogP) is 1.48. The van der Waals surface area contributed by atoms with E-state index in [9.17, 15) is 0 Å². The van der Waals surface area contributed by atoms with E-state index in [2.05, 4.69) is 18.5 Å². The fraction of sp³-hybridized carbons (Fsp3) is 0.800. The van der Waals surface area contributed by atoms with Gasteiger partial charge in [-0.15, -0.1) is 0 Å². The van der Waals surface area contributed by atoms with E-state index in [0.717, 1.165) is 5.70 Å². The molecule has 0 amide bonds. The zero-order valence-corrected chi connectivity index (χ0v) is 8.92. The summed E-state index contributed by atoms with van der Waals surface area (Å²) in [5.74, 6) is 0. The molecule has 1 saturated heterocycles. The first-order valence-corrected chi connectivity index (χ1v) is 4.83. The molecule has 3 heteroatoms. The summed E-state index contributed by atoms with van der Waals surface area (Å²) in [6.07, 6.45) is 3.80. The van der Waals surface area contributed by atoms with Gasteiger partial charge in [-0.1, -0.05) is 13.0 Å². The lowest BCUT2D eigenvalue weighted by molar-refractivity contribution is -0.0890. The zero-order chi connectivity index (χ0) is 9.84. The van der Waals surface area contributed by atoms with Crippen LogP contribution in [0, 0.1) is 0 Å². The lowest BCUT2D eigenvalue weighted by Gasteiger charge is -2.36. The minimum absolute atomic E-state index is 0.457. The number of hydroxylamine groups is 2. The zero-order valence-electron chi connectivity index (χ0n) is 8.92. The van der Waals surface area contributed by atoms with Crippen LogP contribution < -0.4 is 0 Å². The largest absolute Gasteiger partial charge is 0.298 e. The normalized spacial score (nSPS) is 24.4. The van der Waals surface area contributed by atoms with Crippen molar-refractivity contribution in [1.29, 1.82) is 0 Å². The lowest BCUT2D eigenvalue weighted by atomic mass is 10.0. The van der Waals surface area contributed by atoms with Gasteiger partial charge in [-0.3, -0.25) is 14.8 Å². The Kier molecular flexibility index (Phi) is 3.75. The monoisotopic (exact) mass is 184 g/mol. The second-order valence-corrected chi connectivity index (χ2v) is 3.66. The Balaban J connectivity index is 2.53. The summed E-state index contributed by atoms with van der Waals surface area (Å²) in [5, 5.41) is 1.76. The summed E-state index contributed by atoms with van der Waals surface area (Å²) in [4.78, 5) is 7.47. The SMILES string of the molecule is C=C([C@@H]1CCCCN1C)N(C)OC. The van der Waals surface area contributed by atoms with Crippen molar-refractivity contribution < 1.29 is 4.84 Å². The van der Waals surface area contributed by atoms with Gasteiger partial charge in [-0.2, -0.15) is 0 Å². The van der Waals surface area contributed by atoms with Crippen molar-refractivity contribution >= 4 is 0 Å². The maximum atomic E-state index is 5.12. The van der Waals surface area contributed by atoms with E-state index in [1.165, 1.54) is 25.8 Å². The van der Waals surface area contributed by atoms with Crippen molar-refractivity contribution in [2.45, 2.75) is 25.3 Å². The molecule has 0 aromatic carbocycles. The molecule has 1 heterocycles. The van der Waals surface area contributed by atoms with Crippen LogP contribution in [-0.4, -0.2) is 43.8 Å². The van der Waals surface area contributed by atoms with Crippen molar-refractivity contribution in [2.24, 2.45) is 0 Å². The highest BCUT2D eigenvalue weighted by Gasteiger charge is 2.23. The first kappa shape index (κ1) is 10.5. The average Bonchev–Trinajstić information content (AvgIpc) is 2.16. The number of rotatable bonds is 3. The number of likely N-dealkylation sites (tertiary alicyclic amines) is 1. The number of likely N-dealkylation sites (N-methyl/N-ethyl adjacent to an activating group) is 2. The van der Waals surface area contributed by atoms with Crippen molar-refractivity contribution in [2.75, 3.05) is 27.7 Å². The molecule has 0 bridgehead atoms. The maximum absolute atomic E-state index is 5.12. The van der Waals surface area contributed by atoms with Crippen molar-refractivity contribution in [3.05, 3.63) is 12.3 Å². The maximum Gasteiger partial charge on any atom is 0.0638 e. The third-order valence-corrected chi connectivity index (χ3v) is 2.83. The fourth-order valence-corrected chi connectivity index (χ4v) is 1.82. The highest BCUT2D eigenvalue weighted by molar-refractivity contribution is 5.03. The first-order chi connectivity index (χ1) is 6.16. The summed E-state index contributed by atoms with van der Waals surface area (Å²) >= 11 is 0. The first-order valence-electron chi connectivity index (χ1n) is 4.83. The molecule has 1 atom stereocenters. The van der Waals surface area contributed by atoms with Crippen LogP contribution in [0.3, 0.4) is 0 Å². The van der Waals surface area contributed by atoms with Gasteiger partial charge < -0.3 is 0 Å². The molecule has 1 aliphatic heterocycles.